The molecule has 0 heterocycles. The third kappa shape index (κ3) is 5.84. The minimum Gasteiger partial charge on any atom is -0.481 e. The molecular formula is C15H22N2O3. The summed E-state index contributed by atoms with van der Waals surface area (Å²) in [7, 11) is 0. The Morgan fingerprint density at radius 2 is 1.90 bits per heavy atom. The number of benzene rings is 1. The van der Waals surface area contributed by atoms with Crippen LogP contribution in [0.4, 0.5) is 5.69 Å². The van der Waals surface area contributed by atoms with Crippen molar-refractivity contribution in [3.05, 3.63) is 30.3 Å². The van der Waals surface area contributed by atoms with Crippen LogP contribution in [0, 0.1) is 0 Å². The number of rotatable bonds is 8. The van der Waals surface area contributed by atoms with Gasteiger partial charge in [-0.3, -0.25) is 9.59 Å². The molecule has 1 aromatic carbocycles. The largest absolute Gasteiger partial charge is 0.481 e. The minimum atomic E-state index is -0.842. The first-order valence-electron chi connectivity index (χ1n) is 6.81. The second kappa shape index (κ2) is 8.32. The van der Waals surface area contributed by atoms with E-state index in [0.29, 0.717) is 13.0 Å². The molecule has 0 fully saturated rings. The fourth-order valence-electron chi connectivity index (χ4n) is 1.78. The monoisotopic (exact) mass is 278 g/mol. The predicted octanol–water partition coefficient (Wildman–Crippen LogP) is 1.88. The van der Waals surface area contributed by atoms with Crippen molar-refractivity contribution in [1.82, 2.24) is 5.32 Å². The Bertz CT molecular complexity index is 432. The number of hydrogen-bond acceptors (Lipinski definition) is 3. The third-order valence-electron chi connectivity index (χ3n) is 2.80. The molecule has 110 valence electrons. The van der Waals surface area contributed by atoms with Gasteiger partial charge in [0.1, 0.15) is 0 Å². The Morgan fingerprint density at radius 1 is 1.25 bits per heavy atom. The number of nitrogens with one attached hydrogen (secondary N) is 1. The van der Waals surface area contributed by atoms with E-state index in [0.717, 1.165) is 5.69 Å². The number of para-hydroxylation sites is 1. The van der Waals surface area contributed by atoms with Crippen molar-refractivity contribution in [2.75, 3.05) is 18.0 Å². The normalized spacial score (nSPS) is 10.6. The van der Waals surface area contributed by atoms with Gasteiger partial charge in [-0.2, -0.15) is 0 Å². The Kier molecular flexibility index (Phi) is 6.73. The lowest BCUT2D eigenvalue weighted by atomic mass is 10.2. The number of hydrogen-bond donors (Lipinski definition) is 2. The van der Waals surface area contributed by atoms with E-state index >= 15 is 0 Å². The Balaban J connectivity index is 2.68. The van der Waals surface area contributed by atoms with Crippen LogP contribution in [0.15, 0.2) is 30.3 Å². The van der Waals surface area contributed by atoms with E-state index in [9.17, 15) is 9.59 Å². The number of nitrogens with zero attached hydrogens (tertiary/aromatic N) is 1. The number of aliphatic carboxylic acids is 1. The SMILES string of the molecule is CC(C)NCC(=O)N(CCCC(=O)O)c1ccccc1. The lowest BCUT2D eigenvalue weighted by molar-refractivity contribution is -0.137. The second-order valence-electron chi connectivity index (χ2n) is 4.91. The van der Waals surface area contributed by atoms with Gasteiger partial charge in [0.2, 0.25) is 5.91 Å². The lowest BCUT2D eigenvalue weighted by Crippen LogP contribution is -2.41. The van der Waals surface area contributed by atoms with Crippen LogP contribution in [0.5, 0.6) is 0 Å². The van der Waals surface area contributed by atoms with Crippen LogP contribution in [0.25, 0.3) is 0 Å². The van der Waals surface area contributed by atoms with Gasteiger partial charge in [-0.05, 0) is 18.6 Å². The summed E-state index contributed by atoms with van der Waals surface area (Å²) in [4.78, 5) is 24.5. The fourth-order valence-corrected chi connectivity index (χ4v) is 1.78. The summed E-state index contributed by atoms with van der Waals surface area (Å²) in [6.45, 7) is 4.61. The molecule has 20 heavy (non-hydrogen) atoms. The number of carboxylic acids is 1. The average Bonchev–Trinajstić information content (AvgIpc) is 2.41. The van der Waals surface area contributed by atoms with E-state index in [2.05, 4.69) is 5.32 Å². The van der Waals surface area contributed by atoms with E-state index in [1.54, 1.807) is 4.90 Å². The van der Waals surface area contributed by atoms with E-state index in [1.807, 2.05) is 44.2 Å². The summed E-state index contributed by atoms with van der Waals surface area (Å²) in [5, 5.41) is 11.8. The number of anilines is 1. The molecule has 1 aromatic rings. The van der Waals surface area contributed by atoms with Gasteiger partial charge >= 0.3 is 5.97 Å². The van der Waals surface area contributed by atoms with E-state index < -0.39 is 5.97 Å². The Morgan fingerprint density at radius 3 is 2.45 bits per heavy atom. The molecule has 0 radical (unpaired) electrons. The number of carbonyl (C=O) groups excluding carboxylic acids is 1. The van der Waals surface area contributed by atoms with Crippen LogP contribution < -0.4 is 10.2 Å². The van der Waals surface area contributed by atoms with Crippen molar-refractivity contribution in [3.8, 4) is 0 Å². The second-order valence-corrected chi connectivity index (χ2v) is 4.91. The molecule has 0 saturated heterocycles. The first kappa shape index (κ1) is 16.2. The molecule has 5 heteroatoms. The van der Waals surface area contributed by atoms with Gasteiger partial charge < -0.3 is 15.3 Å². The third-order valence-corrected chi connectivity index (χ3v) is 2.80. The van der Waals surface area contributed by atoms with Gasteiger partial charge in [-0.15, -0.1) is 0 Å². The van der Waals surface area contributed by atoms with Gasteiger partial charge in [-0.25, -0.2) is 0 Å². The average molecular weight is 278 g/mol. The van der Waals surface area contributed by atoms with Crippen LogP contribution in [0.3, 0.4) is 0 Å². The van der Waals surface area contributed by atoms with Gasteiger partial charge in [0, 0.05) is 24.7 Å². The van der Waals surface area contributed by atoms with E-state index in [1.165, 1.54) is 0 Å². The van der Waals surface area contributed by atoms with Gasteiger partial charge in [0.25, 0.3) is 0 Å². The quantitative estimate of drug-likeness (QED) is 0.762. The molecule has 0 aromatic heterocycles. The van der Waals surface area contributed by atoms with Gasteiger partial charge in [0.15, 0.2) is 0 Å². The summed E-state index contributed by atoms with van der Waals surface area (Å²) in [5.41, 5.74) is 0.799. The molecule has 2 N–H and O–H groups in total. The summed E-state index contributed by atoms with van der Waals surface area (Å²) in [6, 6.07) is 9.55. The molecule has 5 nitrogen and oxygen atoms in total. The van der Waals surface area contributed by atoms with E-state index in [-0.39, 0.29) is 24.9 Å². The highest BCUT2D eigenvalue weighted by atomic mass is 16.4. The summed E-state index contributed by atoms with van der Waals surface area (Å²) >= 11 is 0. The molecule has 0 bridgehead atoms. The summed E-state index contributed by atoms with van der Waals surface area (Å²) < 4.78 is 0. The smallest absolute Gasteiger partial charge is 0.303 e. The Labute approximate surface area is 119 Å². The molecular weight excluding hydrogens is 256 g/mol. The maximum Gasteiger partial charge on any atom is 0.303 e. The number of carboxylic acid groups (broad SMARTS) is 1. The Hall–Kier alpha value is -1.88. The van der Waals surface area contributed by atoms with Crippen molar-refractivity contribution in [3.63, 3.8) is 0 Å². The molecule has 0 aliphatic heterocycles. The zero-order chi connectivity index (χ0) is 15.0. The fraction of sp³-hybridized carbons (Fsp3) is 0.467. The highest BCUT2D eigenvalue weighted by molar-refractivity contribution is 5.94. The lowest BCUT2D eigenvalue weighted by Gasteiger charge is -2.23. The molecule has 0 spiro atoms. The van der Waals surface area contributed by atoms with Crippen LogP contribution in [-0.4, -0.2) is 36.1 Å². The zero-order valence-electron chi connectivity index (χ0n) is 12.0. The van der Waals surface area contributed by atoms with Crippen molar-refractivity contribution in [2.45, 2.75) is 32.7 Å². The maximum absolute atomic E-state index is 12.2. The van der Waals surface area contributed by atoms with Crippen LogP contribution >= 0.6 is 0 Å². The highest BCUT2D eigenvalue weighted by Crippen LogP contribution is 2.14. The van der Waals surface area contributed by atoms with Crippen molar-refractivity contribution < 1.29 is 14.7 Å². The molecule has 0 unspecified atom stereocenters. The summed E-state index contributed by atoms with van der Waals surface area (Å²) in [5.74, 6) is -0.888. The first-order chi connectivity index (χ1) is 9.50. The molecule has 0 aliphatic rings. The van der Waals surface area contributed by atoms with Crippen molar-refractivity contribution >= 4 is 17.6 Å². The number of amides is 1. The number of carbonyl (C=O) groups is 2. The maximum atomic E-state index is 12.2. The van der Waals surface area contributed by atoms with Gasteiger partial charge in [0.05, 0.1) is 6.54 Å². The van der Waals surface area contributed by atoms with Crippen LogP contribution in [-0.2, 0) is 9.59 Å². The zero-order valence-corrected chi connectivity index (χ0v) is 12.0. The molecule has 0 saturated carbocycles. The van der Waals surface area contributed by atoms with Crippen molar-refractivity contribution in [2.24, 2.45) is 0 Å². The van der Waals surface area contributed by atoms with E-state index in [4.69, 9.17) is 5.11 Å². The molecule has 1 amide bonds. The van der Waals surface area contributed by atoms with Crippen molar-refractivity contribution in [1.29, 1.82) is 0 Å². The topological polar surface area (TPSA) is 69.6 Å². The summed E-state index contributed by atoms with van der Waals surface area (Å²) in [6.07, 6.45) is 0.506. The molecule has 0 atom stereocenters. The standard InChI is InChI=1S/C15H22N2O3/c1-12(2)16-11-14(18)17(10-6-9-15(19)20)13-7-4-3-5-8-13/h3-5,7-8,12,16H,6,9-11H2,1-2H3,(H,19,20). The highest BCUT2D eigenvalue weighted by Gasteiger charge is 2.15. The predicted molar refractivity (Wildman–Crippen MR) is 78.8 cm³/mol. The van der Waals surface area contributed by atoms with Crippen LogP contribution in [0.2, 0.25) is 0 Å². The first-order valence-corrected chi connectivity index (χ1v) is 6.81. The molecule has 0 aliphatic carbocycles. The van der Waals surface area contributed by atoms with Gasteiger partial charge in [-0.1, -0.05) is 32.0 Å². The molecule has 1 rings (SSSR count). The minimum absolute atomic E-state index is 0.0460. The van der Waals surface area contributed by atoms with Crippen LogP contribution in [0.1, 0.15) is 26.7 Å².